The van der Waals surface area contributed by atoms with Crippen LogP contribution in [-0.2, 0) is 16.2 Å². The fourth-order valence-corrected chi connectivity index (χ4v) is 3.08. The predicted octanol–water partition coefficient (Wildman–Crippen LogP) is 4.01. The van der Waals surface area contributed by atoms with Crippen LogP contribution in [0.1, 0.15) is 25.3 Å². The van der Waals surface area contributed by atoms with Gasteiger partial charge in [0, 0.05) is 4.47 Å². The minimum atomic E-state index is -4.51. The van der Waals surface area contributed by atoms with Crippen molar-refractivity contribution in [2.24, 2.45) is 0 Å². The molecule has 0 spiro atoms. The average Bonchev–Trinajstić information content (AvgIpc) is 2.28. The smallest absolute Gasteiger partial charge is 0.282 e. The minimum Gasteiger partial charge on any atom is -0.282 e. The van der Waals surface area contributed by atoms with E-state index in [4.69, 9.17) is 0 Å². The van der Waals surface area contributed by atoms with Gasteiger partial charge in [0.25, 0.3) is 0 Å². The molecular formula is C11H13BrF3NO2S. The van der Waals surface area contributed by atoms with Crippen LogP contribution in [0.5, 0.6) is 0 Å². The summed E-state index contributed by atoms with van der Waals surface area (Å²) in [6.45, 7) is 1.83. The highest BCUT2D eigenvalue weighted by atomic mass is 79.9. The van der Waals surface area contributed by atoms with E-state index in [-0.39, 0.29) is 15.9 Å². The van der Waals surface area contributed by atoms with E-state index in [0.29, 0.717) is 12.8 Å². The monoisotopic (exact) mass is 359 g/mol. The maximum absolute atomic E-state index is 12.5. The molecule has 0 saturated heterocycles. The number of unbranched alkanes of at least 4 members (excludes halogenated alkanes) is 1. The molecule has 19 heavy (non-hydrogen) atoms. The normalized spacial score (nSPS) is 12.5. The number of sulfonamides is 1. The summed E-state index contributed by atoms with van der Waals surface area (Å²) >= 11 is 3.02. The van der Waals surface area contributed by atoms with Gasteiger partial charge in [0.2, 0.25) is 10.0 Å². The molecule has 0 fully saturated rings. The van der Waals surface area contributed by atoms with Gasteiger partial charge < -0.3 is 0 Å². The number of alkyl halides is 3. The number of hydrogen-bond donors (Lipinski definition) is 1. The van der Waals surface area contributed by atoms with Crippen LogP contribution in [0, 0.1) is 0 Å². The standard InChI is InChI=1S/C11H13BrF3NO2S/c1-2-3-6-19(17,18)16-10-7-8(11(13,14)15)4-5-9(10)12/h4-5,7,16H,2-3,6H2,1H3. The van der Waals surface area contributed by atoms with Crippen LogP contribution >= 0.6 is 15.9 Å². The molecule has 1 aromatic rings. The molecule has 0 aliphatic rings. The first-order valence-corrected chi connectivity index (χ1v) is 7.97. The van der Waals surface area contributed by atoms with Gasteiger partial charge in [0.15, 0.2) is 0 Å². The highest BCUT2D eigenvalue weighted by Gasteiger charge is 2.31. The first kappa shape index (κ1) is 16.3. The van der Waals surface area contributed by atoms with Crippen LogP contribution in [0.3, 0.4) is 0 Å². The summed E-state index contributed by atoms with van der Waals surface area (Å²) in [4.78, 5) is 0. The van der Waals surface area contributed by atoms with E-state index in [1.165, 1.54) is 6.07 Å². The van der Waals surface area contributed by atoms with Gasteiger partial charge in [-0.2, -0.15) is 13.2 Å². The Kier molecular flexibility index (Phi) is 5.26. The third-order valence-electron chi connectivity index (χ3n) is 2.33. The Balaban J connectivity index is 3.01. The Bertz CT molecular complexity index is 543. The highest BCUT2D eigenvalue weighted by Crippen LogP contribution is 2.34. The Morgan fingerprint density at radius 1 is 1.32 bits per heavy atom. The number of halogens is 4. The van der Waals surface area contributed by atoms with Crippen molar-refractivity contribution in [3.63, 3.8) is 0 Å². The Labute approximate surface area is 118 Å². The van der Waals surface area contributed by atoms with Crippen molar-refractivity contribution < 1.29 is 21.6 Å². The van der Waals surface area contributed by atoms with Gasteiger partial charge >= 0.3 is 6.18 Å². The zero-order chi connectivity index (χ0) is 14.7. The largest absolute Gasteiger partial charge is 0.416 e. The molecule has 0 aliphatic heterocycles. The Morgan fingerprint density at radius 2 is 1.95 bits per heavy atom. The van der Waals surface area contributed by atoms with Gasteiger partial charge in [0.1, 0.15) is 0 Å². The molecule has 3 nitrogen and oxygen atoms in total. The van der Waals surface area contributed by atoms with Crippen molar-refractivity contribution in [1.82, 2.24) is 0 Å². The lowest BCUT2D eigenvalue weighted by atomic mass is 10.2. The number of rotatable bonds is 5. The van der Waals surface area contributed by atoms with Crippen molar-refractivity contribution in [3.05, 3.63) is 28.2 Å². The number of nitrogens with one attached hydrogen (secondary N) is 1. The zero-order valence-corrected chi connectivity index (χ0v) is 12.5. The summed E-state index contributed by atoms with van der Waals surface area (Å²) in [5, 5.41) is 0. The van der Waals surface area contributed by atoms with E-state index in [1.807, 2.05) is 6.92 Å². The maximum Gasteiger partial charge on any atom is 0.416 e. The fourth-order valence-electron chi connectivity index (χ4n) is 1.33. The van der Waals surface area contributed by atoms with Crippen molar-refractivity contribution in [1.29, 1.82) is 0 Å². The molecule has 0 aliphatic carbocycles. The van der Waals surface area contributed by atoms with Crippen LogP contribution < -0.4 is 4.72 Å². The zero-order valence-electron chi connectivity index (χ0n) is 10.1. The first-order chi connectivity index (χ1) is 8.65. The molecule has 0 unspecified atom stereocenters. The summed E-state index contributed by atoms with van der Waals surface area (Å²) in [7, 11) is -3.63. The van der Waals surface area contributed by atoms with Gasteiger partial charge in [-0.15, -0.1) is 0 Å². The molecule has 0 bridgehead atoms. The summed E-state index contributed by atoms with van der Waals surface area (Å²) in [6, 6.07) is 2.82. The van der Waals surface area contributed by atoms with Crippen LogP contribution in [0.25, 0.3) is 0 Å². The molecule has 0 atom stereocenters. The molecule has 0 amide bonds. The first-order valence-electron chi connectivity index (χ1n) is 5.53. The van der Waals surface area contributed by atoms with Gasteiger partial charge in [-0.05, 0) is 40.5 Å². The third kappa shape index (κ3) is 5.02. The topological polar surface area (TPSA) is 46.2 Å². The highest BCUT2D eigenvalue weighted by molar-refractivity contribution is 9.10. The van der Waals surface area contributed by atoms with E-state index in [2.05, 4.69) is 20.7 Å². The van der Waals surface area contributed by atoms with E-state index in [0.717, 1.165) is 12.1 Å². The lowest BCUT2D eigenvalue weighted by molar-refractivity contribution is -0.137. The summed E-state index contributed by atoms with van der Waals surface area (Å²) in [6.07, 6.45) is -3.37. The SMILES string of the molecule is CCCCS(=O)(=O)Nc1cc(C(F)(F)F)ccc1Br. The van der Waals surface area contributed by atoms with Crippen molar-refractivity contribution >= 4 is 31.6 Å². The van der Waals surface area contributed by atoms with Crippen molar-refractivity contribution in [2.45, 2.75) is 25.9 Å². The van der Waals surface area contributed by atoms with Crippen molar-refractivity contribution in [3.8, 4) is 0 Å². The quantitative estimate of drug-likeness (QED) is 0.863. The second-order valence-electron chi connectivity index (χ2n) is 3.97. The van der Waals surface area contributed by atoms with Crippen molar-refractivity contribution in [2.75, 3.05) is 10.5 Å². The summed E-state index contributed by atoms with van der Waals surface area (Å²) in [5.41, 5.74) is -1.00. The average molecular weight is 360 g/mol. The van der Waals surface area contributed by atoms with Crippen LogP contribution in [0.2, 0.25) is 0 Å². The fraction of sp³-hybridized carbons (Fsp3) is 0.455. The maximum atomic E-state index is 12.5. The number of hydrogen-bond acceptors (Lipinski definition) is 2. The molecule has 1 aromatic carbocycles. The number of benzene rings is 1. The summed E-state index contributed by atoms with van der Waals surface area (Å²) < 4.78 is 63.4. The van der Waals surface area contributed by atoms with Gasteiger partial charge in [-0.3, -0.25) is 4.72 Å². The molecule has 0 aromatic heterocycles. The molecule has 1 rings (SSSR count). The van der Waals surface area contributed by atoms with Crippen LogP contribution in [-0.4, -0.2) is 14.2 Å². The van der Waals surface area contributed by atoms with Gasteiger partial charge in [-0.25, -0.2) is 8.42 Å². The lowest BCUT2D eigenvalue weighted by Crippen LogP contribution is -2.17. The van der Waals surface area contributed by atoms with Crippen LogP contribution in [0.4, 0.5) is 18.9 Å². The summed E-state index contributed by atoms with van der Waals surface area (Å²) in [5.74, 6) is -0.119. The Hall–Kier alpha value is -0.760. The molecular weight excluding hydrogens is 347 g/mol. The van der Waals surface area contributed by atoms with Gasteiger partial charge in [-0.1, -0.05) is 13.3 Å². The van der Waals surface area contributed by atoms with E-state index >= 15 is 0 Å². The second kappa shape index (κ2) is 6.13. The minimum absolute atomic E-state index is 0.106. The molecule has 8 heteroatoms. The number of anilines is 1. The van der Waals surface area contributed by atoms with E-state index in [9.17, 15) is 21.6 Å². The van der Waals surface area contributed by atoms with E-state index < -0.39 is 21.8 Å². The third-order valence-corrected chi connectivity index (χ3v) is 4.37. The predicted molar refractivity (Wildman–Crippen MR) is 71.5 cm³/mol. The Morgan fingerprint density at radius 3 is 2.47 bits per heavy atom. The molecule has 108 valence electrons. The van der Waals surface area contributed by atoms with Gasteiger partial charge in [0.05, 0.1) is 17.0 Å². The second-order valence-corrected chi connectivity index (χ2v) is 6.66. The van der Waals surface area contributed by atoms with E-state index in [1.54, 1.807) is 0 Å². The van der Waals surface area contributed by atoms with Crippen LogP contribution in [0.15, 0.2) is 22.7 Å². The molecule has 0 radical (unpaired) electrons. The molecule has 1 N–H and O–H groups in total. The molecule has 0 heterocycles. The lowest BCUT2D eigenvalue weighted by Gasteiger charge is -2.12. The molecule has 0 saturated carbocycles.